The van der Waals surface area contributed by atoms with Gasteiger partial charge in [0, 0.05) is 0 Å². The van der Waals surface area contributed by atoms with Gasteiger partial charge in [0.2, 0.25) is 0 Å². The van der Waals surface area contributed by atoms with Crippen molar-refractivity contribution in [3.8, 4) is 0 Å². The SMILES string of the molecule is CCCCC(O)CCC.CN. The van der Waals surface area contributed by atoms with Crippen LogP contribution in [0.2, 0.25) is 0 Å². The van der Waals surface area contributed by atoms with Crippen molar-refractivity contribution in [1.29, 1.82) is 0 Å². The van der Waals surface area contributed by atoms with Crippen LogP contribution in [0.4, 0.5) is 0 Å². The largest absolute Gasteiger partial charge is 0.393 e. The van der Waals surface area contributed by atoms with E-state index in [4.69, 9.17) is 0 Å². The van der Waals surface area contributed by atoms with Crippen LogP contribution in [0.15, 0.2) is 0 Å². The van der Waals surface area contributed by atoms with E-state index in [1.807, 2.05) is 0 Å². The predicted octanol–water partition coefficient (Wildman–Crippen LogP) is 1.91. The van der Waals surface area contributed by atoms with Gasteiger partial charge in [0.1, 0.15) is 0 Å². The Hall–Kier alpha value is -0.0800. The topological polar surface area (TPSA) is 46.2 Å². The van der Waals surface area contributed by atoms with Crippen LogP contribution in [0.3, 0.4) is 0 Å². The smallest absolute Gasteiger partial charge is 0.0540 e. The summed E-state index contributed by atoms with van der Waals surface area (Å²) in [5.74, 6) is 0. The molecule has 0 aromatic rings. The maximum atomic E-state index is 9.18. The van der Waals surface area contributed by atoms with E-state index >= 15 is 0 Å². The Bertz CT molecular complexity index is 57.5. The molecule has 0 saturated heterocycles. The van der Waals surface area contributed by atoms with Crippen molar-refractivity contribution in [1.82, 2.24) is 0 Å². The fraction of sp³-hybridized carbons (Fsp3) is 1.00. The van der Waals surface area contributed by atoms with E-state index in [1.54, 1.807) is 0 Å². The Balaban J connectivity index is 0. The summed E-state index contributed by atoms with van der Waals surface area (Å²) in [5, 5.41) is 9.18. The molecule has 3 N–H and O–H groups in total. The lowest BCUT2D eigenvalue weighted by molar-refractivity contribution is 0.150. The Labute approximate surface area is 70.8 Å². The third-order valence-electron chi connectivity index (χ3n) is 1.51. The number of aliphatic hydroxyl groups is 1. The molecule has 0 rings (SSSR count). The maximum Gasteiger partial charge on any atom is 0.0540 e. The van der Waals surface area contributed by atoms with Crippen molar-refractivity contribution < 1.29 is 5.11 Å². The summed E-state index contributed by atoms with van der Waals surface area (Å²) < 4.78 is 0. The average molecular weight is 161 g/mol. The number of aliphatic hydroxyl groups excluding tert-OH is 1. The first-order valence-electron chi connectivity index (χ1n) is 4.57. The maximum absolute atomic E-state index is 9.18. The minimum Gasteiger partial charge on any atom is -0.393 e. The summed E-state index contributed by atoms with van der Waals surface area (Å²) in [6, 6.07) is 0. The molecule has 1 atom stereocenters. The molecule has 0 bridgehead atoms. The van der Waals surface area contributed by atoms with E-state index in [2.05, 4.69) is 19.6 Å². The first-order valence-corrected chi connectivity index (χ1v) is 4.57. The van der Waals surface area contributed by atoms with E-state index in [0.29, 0.717) is 0 Å². The molecule has 0 radical (unpaired) electrons. The highest BCUT2D eigenvalue weighted by atomic mass is 16.3. The van der Waals surface area contributed by atoms with Gasteiger partial charge in [-0.25, -0.2) is 0 Å². The second-order valence-electron chi connectivity index (χ2n) is 2.58. The Morgan fingerprint density at radius 2 is 1.64 bits per heavy atom. The quantitative estimate of drug-likeness (QED) is 0.647. The van der Waals surface area contributed by atoms with Crippen molar-refractivity contribution in [2.24, 2.45) is 5.73 Å². The molecule has 0 amide bonds. The summed E-state index contributed by atoms with van der Waals surface area (Å²) >= 11 is 0. The molecule has 0 aliphatic rings. The number of hydrogen-bond acceptors (Lipinski definition) is 2. The van der Waals surface area contributed by atoms with Gasteiger partial charge in [0.05, 0.1) is 6.10 Å². The molecule has 0 spiro atoms. The van der Waals surface area contributed by atoms with Crippen LogP contribution in [-0.2, 0) is 0 Å². The van der Waals surface area contributed by atoms with Gasteiger partial charge in [0.15, 0.2) is 0 Å². The zero-order valence-corrected chi connectivity index (χ0v) is 8.14. The third kappa shape index (κ3) is 13.0. The van der Waals surface area contributed by atoms with Crippen molar-refractivity contribution in [3.63, 3.8) is 0 Å². The zero-order chi connectivity index (χ0) is 9.11. The summed E-state index contributed by atoms with van der Waals surface area (Å²) in [6.07, 6.45) is 5.40. The summed E-state index contributed by atoms with van der Waals surface area (Å²) in [6.45, 7) is 4.26. The Kier molecular flexibility index (Phi) is 15.4. The van der Waals surface area contributed by atoms with Crippen molar-refractivity contribution in [2.75, 3.05) is 7.05 Å². The average Bonchev–Trinajstić information content (AvgIpc) is 2.05. The van der Waals surface area contributed by atoms with Crippen LogP contribution >= 0.6 is 0 Å². The van der Waals surface area contributed by atoms with Crippen LogP contribution in [0, 0.1) is 0 Å². The van der Waals surface area contributed by atoms with Gasteiger partial charge >= 0.3 is 0 Å². The number of rotatable bonds is 5. The molecule has 0 heterocycles. The fourth-order valence-corrected chi connectivity index (χ4v) is 0.917. The molecule has 2 nitrogen and oxygen atoms in total. The second-order valence-corrected chi connectivity index (χ2v) is 2.58. The normalized spacial score (nSPS) is 11.7. The molecule has 11 heavy (non-hydrogen) atoms. The number of unbranched alkanes of at least 4 members (excludes halogenated alkanes) is 1. The Morgan fingerprint density at radius 1 is 1.09 bits per heavy atom. The monoisotopic (exact) mass is 161 g/mol. The molecular formula is C9H23NO. The van der Waals surface area contributed by atoms with Crippen molar-refractivity contribution in [3.05, 3.63) is 0 Å². The fourth-order valence-electron chi connectivity index (χ4n) is 0.917. The third-order valence-corrected chi connectivity index (χ3v) is 1.51. The Morgan fingerprint density at radius 3 is 2.00 bits per heavy atom. The molecule has 2 heteroatoms. The van der Waals surface area contributed by atoms with Gasteiger partial charge in [-0.1, -0.05) is 33.1 Å². The van der Waals surface area contributed by atoms with E-state index in [1.165, 1.54) is 19.9 Å². The van der Waals surface area contributed by atoms with E-state index < -0.39 is 0 Å². The number of nitrogens with two attached hydrogens (primary N) is 1. The van der Waals surface area contributed by atoms with Gasteiger partial charge < -0.3 is 10.8 Å². The van der Waals surface area contributed by atoms with E-state index in [0.717, 1.165) is 19.3 Å². The van der Waals surface area contributed by atoms with Gasteiger partial charge in [0.25, 0.3) is 0 Å². The summed E-state index contributed by atoms with van der Waals surface area (Å²) in [5.41, 5.74) is 4.50. The molecular weight excluding hydrogens is 138 g/mol. The standard InChI is InChI=1S/C8H18O.CH5N/c1-3-5-7-8(9)6-4-2;1-2/h8-9H,3-7H2,1-2H3;2H2,1H3. The zero-order valence-electron chi connectivity index (χ0n) is 8.14. The van der Waals surface area contributed by atoms with E-state index in [-0.39, 0.29) is 6.10 Å². The van der Waals surface area contributed by atoms with Crippen molar-refractivity contribution in [2.45, 2.75) is 52.1 Å². The van der Waals surface area contributed by atoms with E-state index in [9.17, 15) is 5.11 Å². The lowest BCUT2D eigenvalue weighted by Crippen LogP contribution is -2.04. The highest BCUT2D eigenvalue weighted by molar-refractivity contribution is 4.52. The molecule has 0 saturated carbocycles. The van der Waals surface area contributed by atoms with Gasteiger partial charge in [-0.05, 0) is 19.9 Å². The summed E-state index contributed by atoms with van der Waals surface area (Å²) in [4.78, 5) is 0. The predicted molar refractivity (Wildman–Crippen MR) is 50.6 cm³/mol. The molecule has 70 valence electrons. The minimum atomic E-state index is -0.0325. The van der Waals surface area contributed by atoms with Crippen LogP contribution < -0.4 is 5.73 Å². The van der Waals surface area contributed by atoms with Crippen LogP contribution in [0.1, 0.15) is 46.0 Å². The minimum absolute atomic E-state index is 0.0325. The van der Waals surface area contributed by atoms with Crippen molar-refractivity contribution >= 4 is 0 Å². The van der Waals surface area contributed by atoms with Gasteiger partial charge in [-0.15, -0.1) is 0 Å². The summed E-state index contributed by atoms with van der Waals surface area (Å²) in [7, 11) is 1.50. The first kappa shape index (κ1) is 13.5. The number of hydrogen-bond donors (Lipinski definition) is 2. The lowest BCUT2D eigenvalue weighted by atomic mass is 10.1. The van der Waals surface area contributed by atoms with Gasteiger partial charge in [-0.2, -0.15) is 0 Å². The van der Waals surface area contributed by atoms with Crippen LogP contribution in [0.25, 0.3) is 0 Å². The van der Waals surface area contributed by atoms with Gasteiger partial charge in [-0.3, -0.25) is 0 Å². The first-order chi connectivity index (χ1) is 5.31. The molecule has 1 unspecified atom stereocenters. The highest BCUT2D eigenvalue weighted by Gasteiger charge is 1.99. The molecule has 0 aliphatic heterocycles. The van der Waals surface area contributed by atoms with Crippen LogP contribution in [-0.4, -0.2) is 18.3 Å². The molecule has 0 fully saturated rings. The molecule has 0 aromatic carbocycles. The molecule has 0 aromatic heterocycles. The van der Waals surface area contributed by atoms with Crippen LogP contribution in [0.5, 0.6) is 0 Å². The lowest BCUT2D eigenvalue weighted by Gasteiger charge is -2.06. The highest BCUT2D eigenvalue weighted by Crippen LogP contribution is 2.05. The molecule has 0 aliphatic carbocycles. The second kappa shape index (κ2) is 12.6.